The molecule has 0 aliphatic carbocycles. The van der Waals surface area contributed by atoms with Gasteiger partial charge in [0.2, 0.25) is 0 Å². The van der Waals surface area contributed by atoms with E-state index in [1.165, 1.54) is 24.3 Å². The van der Waals surface area contributed by atoms with Gasteiger partial charge in [0.1, 0.15) is 5.76 Å². The Balaban J connectivity index is 2.30. The van der Waals surface area contributed by atoms with E-state index in [1.54, 1.807) is 6.07 Å². The molecule has 0 aliphatic rings. The predicted octanol–water partition coefficient (Wildman–Crippen LogP) is 1.36. The number of nitrogens with one attached hydrogen (secondary N) is 1. The molecule has 0 bridgehead atoms. The Morgan fingerprint density at radius 3 is 2.30 bits per heavy atom. The summed E-state index contributed by atoms with van der Waals surface area (Å²) in [6, 6.07) is 7.70. The number of furan rings is 1. The number of hydrogen-bond acceptors (Lipinski definition) is 6. The van der Waals surface area contributed by atoms with Gasteiger partial charge < -0.3 is 4.42 Å². The Hall–Kier alpha value is -2.13. The molecule has 1 N–H and O–H groups in total. The summed E-state index contributed by atoms with van der Waals surface area (Å²) in [5.74, 6) is -0.509. The Morgan fingerprint density at radius 2 is 1.74 bits per heavy atom. The van der Waals surface area contributed by atoms with Gasteiger partial charge >= 0.3 is 5.91 Å². The summed E-state index contributed by atoms with van der Waals surface area (Å²) >= 11 is 0. The van der Waals surface area contributed by atoms with E-state index in [0.717, 1.165) is 12.3 Å². The van der Waals surface area contributed by atoms with Gasteiger partial charge in [0, 0.05) is 12.7 Å². The molecule has 9 heteroatoms. The van der Waals surface area contributed by atoms with Crippen LogP contribution in [0.15, 0.2) is 50.6 Å². The highest BCUT2D eigenvalue weighted by Crippen LogP contribution is 2.16. The quantitative estimate of drug-likeness (QED) is 0.865. The molecule has 2 aromatic rings. The van der Waals surface area contributed by atoms with Crippen molar-refractivity contribution in [3.63, 3.8) is 0 Å². The van der Waals surface area contributed by atoms with Gasteiger partial charge in [0.15, 0.2) is 15.6 Å². The summed E-state index contributed by atoms with van der Waals surface area (Å²) < 4.78 is 54.4. The van der Waals surface area contributed by atoms with Gasteiger partial charge in [-0.2, -0.15) is 0 Å². The molecule has 0 fully saturated rings. The number of carbonyl (C=O) groups excluding carboxylic acids is 1. The van der Waals surface area contributed by atoms with Crippen molar-refractivity contribution in [1.82, 2.24) is 4.72 Å². The number of rotatable bonds is 5. The molecule has 1 heterocycles. The molecule has 0 radical (unpaired) electrons. The largest absolute Gasteiger partial charge is 0.456 e. The van der Waals surface area contributed by atoms with E-state index in [1.807, 2.05) is 11.6 Å². The number of aryl methyl sites for hydroxylation is 1. The average molecular weight is 357 g/mol. The minimum Gasteiger partial charge on any atom is -0.456 e. The molecule has 0 unspecified atom stereocenters. The van der Waals surface area contributed by atoms with Crippen molar-refractivity contribution in [2.45, 2.75) is 23.1 Å². The van der Waals surface area contributed by atoms with Crippen LogP contribution in [0.25, 0.3) is 0 Å². The summed E-state index contributed by atoms with van der Waals surface area (Å²) in [4.78, 5) is 11.5. The van der Waals surface area contributed by atoms with Crippen LogP contribution < -0.4 is 4.72 Å². The molecule has 0 spiro atoms. The lowest BCUT2D eigenvalue weighted by atomic mass is 10.3. The molecule has 0 aliphatic heterocycles. The Morgan fingerprint density at radius 1 is 1.09 bits per heavy atom. The van der Waals surface area contributed by atoms with Crippen LogP contribution in [-0.4, -0.2) is 29.0 Å². The lowest BCUT2D eigenvalue weighted by molar-refractivity contribution is 0.0952. The maximum absolute atomic E-state index is 12.2. The van der Waals surface area contributed by atoms with Crippen LogP contribution >= 0.6 is 0 Å². The van der Waals surface area contributed by atoms with E-state index in [0.29, 0.717) is 12.2 Å². The smallest absolute Gasteiger partial charge is 0.300 e. The maximum Gasteiger partial charge on any atom is 0.300 e. The van der Waals surface area contributed by atoms with E-state index in [2.05, 4.69) is 0 Å². The number of sulfonamides is 1. The topological polar surface area (TPSA) is 111 Å². The first-order chi connectivity index (χ1) is 10.6. The van der Waals surface area contributed by atoms with Crippen molar-refractivity contribution in [2.24, 2.45) is 0 Å². The summed E-state index contributed by atoms with van der Waals surface area (Å²) in [5, 5.41) is 0. The van der Waals surface area contributed by atoms with Gasteiger partial charge in [-0.3, -0.25) is 4.79 Å². The first-order valence-corrected chi connectivity index (χ1v) is 9.97. The van der Waals surface area contributed by atoms with E-state index in [-0.39, 0.29) is 15.6 Å². The number of hydrogen-bond donors (Lipinski definition) is 1. The van der Waals surface area contributed by atoms with Gasteiger partial charge in [-0.05, 0) is 30.3 Å². The fourth-order valence-electron chi connectivity index (χ4n) is 1.79. The van der Waals surface area contributed by atoms with Gasteiger partial charge in [-0.25, -0.2) is 21.6 Å². The molecule has 2 rings (SSSR count). The molecule has 0 saturated heterocycles. The fourth-order valence-corrected chi connectivity index (χ4v) is 3.54. The van der Waals surface area contributed by atoms with Crippen molar-refractivity contribution >= 4 is 25.8 Å². The summed E-state index contributed by atoms with van der Waals surface area (Å²) in [5.41, 5.74) is 0. The van der Waals surface area contributed by atoms with Crippen LogP contribution in [0.3, 0.4) is 0 Å². The Labute approximate surface area is 134 Å². The normalized spacial score (nSPS) is 12.1. The zero-order valence-corrected chi connectivity index (χ0v) is 14.1. The summed E-state index contributed by atoms with van der Waals surface area (Å²) in [6.07, 6.45) is 1.53. The molecular formula is C14H15NO6S2. The lowest BCUT2D eigenvalue weighted by Crippen LogP contribution is -2.30. The van der Waals surface area contributed by atoms with E-state index >= 15 is 0 Å². The van der Waals surface area contributed by atoms with Crippen molar-refractivity contribution in [2.75, 3.05) is 6.26 Å². The van der Waals surface area contributed by atoms with Crippen molar-refractivity contribution in [3.8, 4) is 0 Å². The standard InChI is InChI=1S/C14H15NO6S2/c1-3-10-7-8-13(21-10)14(16)15-23(19,20)12-6-4-5-11(9-12)22(2,17)18/h4-9H,3H2,1-2H3,(H,15,16). The van der Waals surface area contributed by atoms with Crippen LogP contribution in [0.5, 0.6) is 0 Å². The van der Waals surface area contributed by atoms with Gasteiger partial charge in [0.05, 0.1) is 9.79 Å². The second-order valence-electron chi connectivity index (χ2n) is 4.80. The average Bonchev–Trinajstić information content (AvgIpc) is 2.95. The molecular weight excluding hydrogens is 342 g/mol. The molecule has 1 aromatic carbocycles. The SMILES string of the molecule is CCc1ccc(C(=O)NS(=O)(=O)c2cccc(S(C)(=O)=O)c2)o1. The number of carbonyl (C=O) groups is 1. The first kappa shape index (κ1) is 17.2. The zero-order chi connectivity index (χ0) is 17.3. The Kier molecular flexibility index (Phi) is 4.62. The second-order valence-corrected chi connectivity index (χ2v) is 8.50. The number of sulfone groups is 1. The highest BCUT2D eigenvalue weighted by Gasteiger charge is 2.22. The van der Waals surface area contributed by atoms with Crippen molar-refractivity contribution in [3.05, 3.63) is 47.9 Å². The first-order valence-electron chi connectivity index (χ1n) is 6.59. The van der Waals surface area contributed by atoms with Crippen LogP contribution in [0.1, 0.15) is 23.2 Å². The number of amides is 1. The third-order valence-electron chi connectivity index (χ3n) is 3.00. The number of benzene rings is 1. The van der Waals surface area contributed by atoms with Gasteiger partial charge in [0.25, 0.3) is 10.0 Å². The van der Waals surface area contributed by atoms with E-state index in [9.17, 15) is 21.6 Å². The fraction of sp³-hybridized carbons (Fsp3) is 0.214. The minimum atomic E-state index is -4.21. The van der Waals surface area contributed by atoms with E-state index < -0.39 is 25.8 Å². The van der Waals surface area contributed by atoms with Crippen LogP contribution in [0.4, 0.5) is 0 Å². The second kappa shape index (κ2) is 6.17. The molecule has 0 atom stereocenters. The van der Waals surface area contributed by atoms with Crippen LogP contribution in [-0.2, 0) is 26.3 Å². The lowest BCUT2D eigenvalue weighted by Gasteiger charge is -2.07. The monoisotopic (exact) mass is 357 g/mol. The minimum absolute atomic E-state index is 0.135. The van der Waals surface area contributed by atoms with Crippen molar-refractivity contribution < 1.29 is 26.0 Å². The molecule has 1 amide bonds. The summed E-state index contributed by atoms with van der Waals surface area (Å²) in [7, 11) is -7.77. The third kappa shape index (κ3) is 3.99. The highest BCUT2D eigenvalue weighted by atomic mass is 32.2. The molecule has 124 valence electrons. The maximum atomic E-state index is 12.2. The zero-order valence-electron chi connectivity index (χ0n) is 12.4. The summed E-state index contributed by atoms with van der Waals surface area (Å²) in [6.45, 7) is 1.83. The highest BCUT2D eigenvalue weighted by molar-refractivity contribution is 7.91. The Bertz CT molecular complexity index is 941. The molecule has 0 saturated carbocycles. The molecule has 1 aromatic heterocycles. The molecule has 7 nitrogen and oxygen atoms in total. The molecule has 23 heavy (non-hydrogen) atoms. The van der Waals surface area contributed by atoms with Crippen LogP contribution in [0.2, 0.25) is 0 Å². The van der Waals surface area contributed by atoms with E-state index in [4.69, 9.17) is 4.42 Å². The van der Waals surface area contributed by atoms with Crippen LogP contribution in [0, 0.1) is 0 Å². The predicted molar refractivity (Wildman–Crippen MR) is 82.3 cm³/mol. The van der Waals surface area contributed by atoms with Gasteiger partial charge in [-0.15, -0.1) is 0 Å². The van der Waals surface area contributed by atoms with Crippen molar-refractivity contribution in [1.29, 1.82) is 0 Å². The third-order valence-corrected chi connectivity index (χ3v) is 5.44. The van der Waals surface area contributed by atoms with Gasteiger partial charge in [-0.1, -0.05) is 13.0 Å².